The van der Waals surface area contributed by atoms with Crippen LogP contribution < -0.4 is 4.83 Å². The topological polar surface area (TPSA) is 78.8 Å². The molecule has 0 heterocycles. The van der Waals surface area contributed by atoms with Gasteiger partial charge in [-0.1, -0.05) is 74.4 Å². The first-order chi connectivity index (χ1) is 14.3. The van der Waals surface area contributed by atoms with Crippen molar-refractivity contribution in [1.82, 2.24) is 4.83 Å². The second-order valence-corrected chi connectivity index (χ2v) is 13.2. The summed E-state index contributed by atoms with van der Waals surface area (Å²) in [5.74, 6) is 0.275. The number of hydrogen-bond acceptors (Lipinski definition) is 4. The Morgan fingerprint density at radius 3 is 1.78 bits per heavy atom. The molecule has 32 heavy (non-hydrogen) atoms. The Hall–Kier alpha value is -2.34. The highest BCUT2D eigenvalue weighted by Crippen LogP contribution is 2.39. The first-order valence-corrected chi connectivity index (χ1v) is 12.4. The molecular weight excluding hydrogens is 420 g/mol. The van der Waals surface area contributed by atoms with Gasteiger partial charge in [-0.2, -0.15) is 13.5 Å². The van der Waals surface area contributed by atoms with Crippen LogP contribution in [-0.4, -0.2) is 19.7 Å². The third kappa shape index (κ3) is 5.91. The zero-order valence-corrected chi connectivity index (χ0v) is 21.9. The molecule has 5 nitrogen and oxygen atoms in total. The van der Waals surface area contributed by atoms with Crippen LogP contribution >= 0.6 is 0 Å². The van der Waals surface area contributed by atoms with Crippen LogP contribution in [0.3, 0.4) is 0 Å². The molecule has 0 saturated carbocycles. The molecule has 0 spiro atoms. The van der Waals surface area contributed by atoms with Gasteiger partial charge in [-0.3, -0.25) is 0 Å². The Kier molecular flexibility index (Phi) is 6.92. The molecule has 0 aliphatic heterocycles. The summed E-state index contributed by atoms with van der Waals surface area (Å²) in [6.45, 7) is 20.1. The summed E-state index contributed by atoms with van der Waals surface area (Å²) in [6, 6.07) is 9.20. The molecule has 0 fully saturated rings. The number of benzene rings is 2. The van der Waals surface area contributed by atoms with Gasteiger partial charge in [0.1, 0.15) is 5.75 Å². The van der Waals surface area contributed by atoms with Crippen molar-refractivity contribution in [2.45, 2.75) is 90.4 Å². The van der Waals surface area contributed by atoms with E-state index in [1.807, 2.05) is 86.6 Å². The van der Waals surface area contributed by atoms with Crippen LogP contribution in [0.15, 0.2) is 40.3 Å². The number of nitrogens with one attached hydrogen (secondary N) is 1. The van der Waals surface area contributed by atoms with Crippen LogP contribution in [0.2, 0.25) is 0 Å². The molecule has 0 radical (unpaired) electrons. The van der Waals surface area contributed by atoms with Gasteiger partial charge >= 0.3 is 0 Å². The predicted octanol–water partition coefficient (Wildman–Crippen LogP) is 5.91. The van der Waals surface area contributed by atoms with Crippen molar-refractivity contribution in [2.75, 3.05) is 0 Å². The van der Waals surface area contributed by atoms with Crippen LogP contribution in [0, 0.1) is 6.92 Å². The lowest BCUT2D eigenvalue weighted by atomic mass is 9.78. The Labute approximate surface area is 194 Å². The van der Waals surface area contributed by atoms with Gasteiger partial charge in [-0.15, -0.1) is 0 Å². The molecule has 0 unspecified atom stereocenters. The lowest BCUT2D eigenvalue weighted by Crippen LogP contribution is -2.21. The summed E-state index contributed by atoms with van der Waals surface area (Å²) in [7, 11) is -3.83. The summed E-state index contributed by atoms with van der Waals surface area (Å²) < 4.78 is 25.9. The van der Waals surface area contributed by atoms with Gasteiger partial charge in [-0.25, -0.2) is 4.83 Å². The van der Waals surface area contributed by atoms with E-state index in [1.54, 1.807) is 13.0 Å². The number of nitrogens with zero attached hydrogens (tertiary/aromatic N) is 1. The first kappa shape index (κ1) is 25.9. The highest BCUT2D eigenvalue weighted by atomic mass is 32.2. The maximum atomic E-state index is 13.0. The summed E-state index contributed by atoms with van der Waals surface area (Å²) in [4.78, 5) is 2.57. The molecule has 2 aromatic rings. The third-order valence-corrected chi connectivity index (χ3v) is 6.84. The van der Waals surface area contributed by atoms with Crippen molar-refractivity contribution in [3.05, 3.63) is 58.1 Å². The fraction of sp³-hybridized carbons (Fsp3) is 0.500. The Morgan fingerprint density at radius 2 is 1.34 bits per heavy atom. The van der Waals surface area contributed by atoms with E-state index < -0.39 is 10.0 Å². The second kappa shape index (κ2) is 8.54. The van der Waals surface area contributed by atoms with Crippen LogP contribution in [0.1, 0.15) is 90.1 Å². The maximum Gasteiger partial charge on any atom is 0.276 e. The van der Waals surface area contributed by atoms with Crippen molar-refractivity contribution >= 4 is 16.2 Å². The summed E-state index contributed by atoms with van der Waals surface area (Å²) >= 11 is 0. The van der Waals surface area contributed by atoms with Crippen molar-refractivity contribution in [3.8, 4) is 5.75 Å². The van der Waals surface area contributed by atoms with Crippen molar-refractivity contribution < 1.29 is 13.5 Å². The zero-order chi connectivity index (χ0) is 24.7. The monoisotopic (exact) mass is 458 g/mol. The average Bonchev–Trinajstić information content (AvgIpc) is 2.60. The SMILES string of the molecule is Cc1ccc(C(C)(C)C)cc1S(=O)(=O)N/N=C/c1cc(C(C)(C)C)c(O)c(C(C)(C)C)c1. The lowest BCUT2D eigenvalue weighted by Gasteiger charge is -2.27. The molecule has 2 N–H and O–H groups in total. The minimum atomic E-state index is -3.83. The first-order valence-electron chi connectivity index (χ1n) is 10.9. The number of hydrazone groups is 1. The Balaban J connectivity index is 2.45. The van der Waals surface area contributed by atoms with E-state index in [-0.39, 0.29) is 26.9 Å². The molecule has 0 aromatic heterocycles. The fourth-order valence-corrected chi connectivity index (χ4v) is 4.51. The quantitative estimate of drug-likeness (QED) is 0.442. The highest BCUT2D eigenvalue weighted by Gasteiger charge is 2.26. The molecule has 0 saturated heterocycles. The number of phenols is 1. The van der Waals surface area contributed by atoms with Gasteiger partial charge in [0.2, 0.25) is 0 Å². The van der Waals surface area contributed by atoms with Gasteiger partial charge in [0.25, 0.3) is 10.0 Å². The molecule has 0 aliphatic rings. The Morgan fingerprint density at radius 1 is 0.844 bits per heavy atom. The van der Waals surface area contributed by atoms with E-state index in [9.17, 15) is 13.5 Å². The lowest BCUT2D eigenvalue weighted by molar-refractivity contribution is 0.423. The number of phenolic OH excluding ortho intramolecular Hbond substituents is 1. The second-order valence-electron chi connectivity index (χ2n) is 11.5. The largest absolute Gasteiger partial charge is 0.507 e. The van der Waals surface area contributed by atoms with Crippen molar-refractivity contribution in [2.24, 2.45) is 5.10 Å². The molecule has 0 amide bonds. The standard InChI is InChI=1S/C26H38N2O3S/c1-17-11-12-19(24(2,3)4)15-22(17)32(30,31)28-27-16-18-13-20(25(5,6)7)23(29)21(14-18)26(8,9)10/h11-16,28-29H,1-10H3/b27-16+. The van der Waals surface area contributed by atoms with E-state index in [0.29, 0.717) is 5.56 Å². The molecular formula is C26H38N2O3S. The predicted molar refractivity (Wildman–Crippen MR) is 133 cm³/mol. The van der Waals surface area contributed by atoms with E-state index in [1.165, 1.54) is 6.21 Å². The van der Waals surface area contributed by atoms with Crippen LogP contribution in [-0.2, 0) is 26.3 Å². The normalized spacial score (nSPS) is 13.6. The summed E-state index contributed by atoms with van der Waals surface area (Å²) in [5.41, 5.74) is 3.19. The van der Waals surface area contributed by atoms with Crippen molar-refractivity contribution in [1.29, 1.82) is 0 Å². The summed E-state index contributed by atoms with van der Waals surface area (Å²) in [6.07, 6.45) is 1.49. The van der Waals surface area contributed by atoms with Gasteiger partial charge < -0.3 is 5.11 Å². The molecule has 6 heteroatoms. The number of rotatable bonds is 4. The molecule has 2 rings (SSSR count). The van der Waals surface area contributed by atoms with Crippen LogP contribution in [0.5, 0.6) is 5.75 Å². The van der Waals surface area contributed by atoms with Gasteiger partial charge in [0.15, 0.2) is 0 Å². The zero-order valence-electron chi connectivity index (χ0n) is 21.1. The van der Waals surface area contributed by atoms with Gasteiger partial charge in [-0.05, 0) is 58.1 Å². The van der Waals surface area contributed by atoms with Gasteiger partial charge in [0.05, 0.1) is 11.1 Å². The molecule has 2 aromatic carbocycles. The van der Waals surface area contributed by atoms with E-state index in [2.05, 4.69) is 9.93 Å². The summed E-state index contributed by atoms with van der Waals surface area (Å²) in [5, 5.41) is 14.9. The maximum absolute atomic E-state index is 13.0. The Bertz CT molecular complexity index is 1090. The van der Waals surface area contributed by atoms with E-state index >= 15 is 0 Å². The van der Waals surface area contributed by atoms with Crippen LogP contribution in [0.25, 0.3) is 0 Å². The molecule has 0 aliphatic carbocycles. The fourth-order valence-electron chi connectivity index (χ4n) is 3.45. The molecule has 0 bridgehead atoms. The van der Waals surface area contributed by atoms with E-state index in [4.69, 9.17) is 0 Å². The average molecular weight is 459 g/mol. The van der Waals surface area contributed by atoms with Crippen LogP contribution in [0.4, 0.5) is 0 Å². The highest BCUT2D eigenvalue weighted by molar-refractivity contribution is 7.89. The van der Waals surface area contributed by atoms with E-state index in [0.717, 1.165) is 22.3 Å². The molecule has 0 atom stereocenters. The minimum absolute atomic E-state index is 0.167. The van der Waals surface area contributed by atoms with Gasteiger partial charge in [0, 0.05) is 11.1 Å². The minimum Gasteiger partial charge on any atom is -0.507 e. The smallest absolute Gasteiger partial charge is 0.276 e. The number of sulfonamides is 1. The molecule has 176 valence electrons. The third-order valence-electron chi connectivity index (χ3n) is 5.48. The number of aryl methyl sites for hydroxylation is 1. The number of aromatic hydroxyl groups is 1. The number of hydrogen-bond donors (Lipinski definition) is 2. The van der Waals surface area contributed by atoms with Crippen molar-refractivity contribution in [3.63, 3.8) is 0 Å².